The summed E-state index contributed by atoms with van der Waals surface area (Å²) in [7, 11) is 0. The topological polar surface area (TPSA) is 17.1 Å². The second kappa shape index (κ2) is 4.45. The molecule has 0 atom stereocenters. The summed E-state index contributed by atoms with van der Waals surface area (Å²) in [5.74, 6) is -3.08. The van der Waals surface area contributed by atoms with E-state index in [-0.39, 0.29) is 16.7 Å². The van der Waals surface area contributed by atoms with Crippen molar-refractivity contribution in [2.45, 2.75) is 5.92 Å². The van der Waals surface area contributed by atoms with Crippen LogP contribution >= 0.6 is 0 Å². The van der Waals surface area contributed by atoms with E-state index in [1.165, 1.54) is 36.4 Å². The predicted octanol–water partition coefficient (Wildman–Crippen LogP) is 3.64. The maximum atomic E-state index is 14.1. The van der Waals surface area contributed by atoms with E-state index in [4.69, 9.17) is 0 Å². The average molecular weight is 232 g/mol. The Balaban J connectivity index is 2.47. The number of hydrogen-bond donors (Lipinski definition) is 0. The molecule has 0 radical (unpaired) electrons. The molecule has 0 N–H and O–H groups in total. The van der Waals surface area contributed by atoms with Gasteiger partial charge in [0.2, 0.25) is 0 Å². The van der Waals surface area contributed by atoms with Crippen molar-refractivity contribution in [2.75, 3.05) is 0 Å². The Kier molecular flexibility index (Phi) is 3.00. The van der Waals surface area contributed by atoms with Crippen LogP contribution in [0.15, 0.2) is 54.6 Å². The van der Waals surface area contributed by atoms with E-state index in [1.54, 1.807) is 18.2 Å². The van der Waals surface area contributed by atoms with Gasteiger partial charge in [0.1, 0.15) is 6.29 Å². The molecule has 0 bridgehead atoms. The zero-order valence-electron chi connectivity index (χ0n) is 8.94. The number of carbonyl (C=O) groups is 1. The molecule has 3 heteroatoms. The standard InChI is InChI=1S/C14H10F2O/c15-14(16,12-6-2-1-3-7-12)13-8-4-5-11(9-13)10-17/h1-10H. The molecule has 0 heterocycles. The quantitative estimate of drug-likeness (QED) is 0.738. The maximum absolute atomic E-state index is 14.1. The summed E-state index contributed by atoms with van der Waals surface area (Å²) in [5.41, 5.74) is -0.00513. The smallest absolute Gasteiger partial charge is 0.298 e. The summed E-state index contributed by atoms with van der Waals surface area (Å²) in [4.78, 5) is 10.6. The fourth-order valence-corrected chi connectivity index (χ4v) is 1.62. The van der Waals surface area contributed by atoms with Crippen molar-refractivity contribution in [3.05, 3.63) is 71.3 Å². The molecule has 0 aliphatic carbocycles. The molecule has 0 spiro atoms. The Morgan fingerprint density at radius 3 is 2.18 bits per heavy atom. The lowest BCUT2D eigenvalue weighted by atomic mass is 9.99. The number of carbonyl (C=O) groups excluding carboxylic acids is 1. The van der Waals surface area contributed by atoms with Gasteiger partial charge in [0.05, 0.1) is 0 Å². The molecular weight excluding hydrogens is 222 g/mol. The Hall–Kier alpha value is -2.03. The van der Waals surface area contributed by atoms with Gasteiger partial charge in [-0.3, -0.25) is 4.79 Å². The molecule has 0 fully saturated rings. The minimum absolute atomic E-state index is 0.0805. The maximum Gasteiger partial charge on any atom is 0.298 e. The van der Waals surface area contributed by atoms with Gasteiger partial charge in [0.15, 0.2) is 0 Å². The highest BCUT2D eigenvalue weighted by atomic mass is 19.3. The molecule has 2 aromatic rings. The molecule has 1 nitrogen and oxygen atoms in total. The minimum Gasteiger partial charge on any atom is -0.298 e. The Bertz CT molecular complexity index is 521. The first kappa shape index (κ1) is 11.5. The molecule has 2 rings (SSSR count). The lowest BCUT2D eigenvalue weighted by Crippen LogP contribution is -2.15. The molecule has 0 unspecified atom stereocenters. The van der Waals surface area contributed by atoms with Gasteiger partial charge in [-0.05, 0) is 6.07 Å². The third-order valence-corrected chi connectivity index (χ3v) is 2.52. The molecule has 0 saturated carbocycles. The predicted molar refractivity (Wildman–Crippen MR) is 61.3 cm³/mol. The normalized spacial score (nSPS) is 11.2. The van der Waals surface area contributed by atoms with E-state index in [0.717, 1.165) is 0 Å². The van der Waals surface area contributed by atoms with Crippen molar-refractivity contribution >= 4 is 6.29 Å². The minimum atomic E-state index is -3.08. The van der Waals surface area contributed by atoms with Gasteiger partial charge in [-0.15, -0.1) is 0 Å². The summed E-state index contributed by atoms with van der Waals surface area (Å²) >= 11 is 0. The SMILES string of the molecule is O=Cc1cccc(C(F)(F)c2ccccc2)c1. The van der Waals surface area contributed by atoms with Crippen LogP contribution in [0.2, 0.25) is 0 Å². The van der Waals surface area contributed by atoms with Crippen LogP contribution in [0.1, 0.15) is 21.5 Å². The Morgan fingerprint density at radius 2 is 1.53 bits per heavy atom. The van der Waals surface area contributed by atoms with Crippen molar-refractivity contribution in [1.29, 1.82) is 0 Å². The number of aldehydes is 1. The fraction of sp³-hybridized carbons (Fsp3) is 0.0714. The van der Waals surface area contributed by atoms with Crippen LogP contribution in [0.4, 0.5) is 8.78 Å². The van der Waals surface area contributed by atoms with Crippen molar-refractivity contribution in [3.8, 4) is 0 Å². The van der Waals surface area contributed by atoms with E-state index in [0.29, 0.717) is 6.29 Å². The van der Waals surface area contributed by atoms with E-state index >= 15 is 0 Å². The second-order valence-electron chi connectivity index (χ2n) is 3.68. The number of alkyl halides is 2. The van der Waals surface area contributed by atoms with Gasteiger partial charge in [-0.25, -0.2) is 0 Å². The van der Waals surface area contributed by atoms with E-state index in [1.807, 2.05) is 0 Å². The van der Waals surface area contributed by atoms with Crippen molar-refractivity contribution in [1.82, 2.24) is 0 Å². The average Bonchev–Trinajstić information content (AvgIpc) is 2.40. The third kappa shape index (κ3) is 2.23. The van der Waals surface area contributed by atoms with Crippen molar-refractivity contribution < 1.29 is 13.6 Å². The lowest BCUT2D eigenvalue weighted by Gasteiger charge is -2.17. The molecular formula is C14H10F2O. The molecule has 2 aromatic carbocycles. The van der Waals surface area contributed by atoms with Crippen LogP contribution in [-0.2, 0) is 5.92 Å². The molecule has 0 saturated heterocycles. The van der Waals surface area contributed by atoms with Crippen molar-refractivity contribution in [3.63, 3.8) is 0 Å². The number of benzene rings is 2. The number of rotatable bonds is 3. The largest absolute Gasteiger partial charge is 0.298 e. The number of hydrogen-bond acceptors (Lipinski definition) is 1. The Labute approximate surface area is 97.7 Å². The molecule has 0 amide bonds. The van der Waals surface area contributed by atoms with Gasteiger partial charge in [0.25, 0.3) is 5.92 Å². The summed E-state index contributed by atoms with van der Waals surface area (Å²) in [5, 5.41) is 0. The Morgan fingerprint density at radius 1 is 0.882 bits per heavy atom. The molecule has 17 heavy (non-hydrogen) atoms. The van der Waals surface area contributed by atoms with Crippen LogP contribution < -0.4 is 0 Å². The first-order chi connectivity index (χ1) is 8.14. The highest BCUT2D eigenvalue weighted by Crippen LogP contribution is 2.35. The highest BCUT2D eigenvalue weighted by molar-refractivity contribution is 5.75. The fourth-order valence-electron chi connectivity index (χ4n) is 1.62. The van der Waals surface area contributed by atoms with Crippen LogP contribution in [0.25, 0.3) is 0 Å². The van der Waals surface area contributed by atoms with Crippen molar-refractivity contribution in [2.24, 2.45) is 0 Å². The highest BCUT2D eigenvalue weighted by Gasteiger charge is 2.33. The van der Waals surface area contributed by atoms with Gasteiger partial charge >= 0.3 is 0 Å². The lowest BCUT2D eigenvalue weighted by molar-refractivity contribution is 0.0428. The summed E-state index contributed by atoms with van der Waals surface area (Å²) < 4.78 is 28.2. The summed E-state index contributed by atoms with van der Waals surface area (Å²) in [6, 6.07) is 13.0. The first-order valence-corrected chi connectivity index (χ1v) is 5.13. The van der Waals surface area contributed by atoms with Gasteiger partial charge in [-0.1, -0.05) is 48.5 Å². The zero-order valence-corrected chi connectivity index (χ0v) is 8.94. The number of halogens is 2. The van der Waals surface area contributed by atoms with E-state index in [9.17, 15) is 13.6 Å². The first-order valence-electron chi connectivity index (χ1n) is 5.13. The van der Waals surface area contributed by atoms with Crippen LogP contribution in [0.3, 0.4) is 0 Å². The van der Waals surface area contributed by atoms with Gasteiger partial charge in [0, 0.05) is 16.7 Å². The molecule has 0 aliphatic heterocycles. The van der Waals surface area contributed by atoms with Crippen LogP contribution in [0, 0.1) is 0 Å². The molecule has 0 aliphatic rings. The van der Waals surface area contributed by atoms with Crippen LogP contribution in [0.5, 0.6) is 0 Å². The molecule has 86 valence electrons. The van der Waals surface area contributed by atoms with E-state index in [2.05, 4.69) is 0 Å². The summed E-state index contributed by atoms with van der Waals surface area (Å²) in [6.45, 7) is 0. The third-order valence-electron chi connectivity index (χ3n) is 2.52. The van der Waals surface area contributed by atoms with E-state index < -0.39 is 5.92 Å². The second-order valence-corrected chi connectivity index (χ2v) is 3.68. The summed E-state index contributed by atoms with van der Waals surface area (Å²) in [6.07, 6.45) is 0.560. The monoisotopic (exact) mass is 232 g/mol. The molecule has 0 aromatic heterocycles. The van der Waals surface area contributed by atoms with Gasteiger partial charge < -0.3 is 0 Å². The van der Waals surface area contributed by atoms with Crippen LogP contribution in [-0.4, -0.2) is 6.29 Å². The van der Waals surface area contributed by atoms with Gasteiger partial charge in [-0.2, -0.15) is 8.78 Å². The zero-order chi connectivity index (χ0) is 12.3.